The number of rotatable bonds is 4. The molecule has 0 radical (unpaired) electrons. The molecule has 0 aromatic carbocycles. The van der Waals surface area contributed by atoms with Crippen molar-refractivity contribution in [2.24, 2.45) is 29.1 Å². The van der Waals surface area contributed by atoms with Crippen molar-refractivity contribution in [3.8, 4) is 0 Å². The first-order valence-electron chi connectivity index (χ1n) is 6.43. The van der Waals surface area contributed by atoms with Crippen molar-refractivity contribution in [2.45, 2.75) is 39.5 Å². The highest BCUT2D eigenvalue weighted by Crippen LogP contribution is 2.79. The summed E-state index contributed by atoms with van der Waals surface area (Å²) < 4.78 is 0. The quantitative estimate of drug-likeness (QED) is 0.701. The first-order chi connectivity index (χ1) is 7.16. The maximum Gasteiger partial charge on any atom is 0.0639 e. The molecule has 1 heteroatoms. The Kier molecular flexibility index (Phi) is 2.04. The van der Waals surface area contributed by atoms with Gasteiger partial charge in [0.25, 0.3) is 0 Å². The van der Waals surface area contributed by atoms with Crippen molar-refractivity contribution in [3.05, 3.63) is 11.6 Å². The zero-order valence-electron chi connectivity index (χ0n) is 9.87. The Morgan fingerprint density at radius 2 is 2.07 bits per heavy atom. The van der Waals surface area contributed by atoms with Gasteiger partial charge in [0.1, 0.15) is 0 Å². The smallest absolute Gasteiger partial charge is 0.0639 e. The molecule has 4 aliphatic rings. The normalized spacial score (nSPS) is 51.3. The van der Waals surface area contributed by atoms with Gasteiger partial charge in [-0.2, -0.15) is 0 Å². The van der Waals surface area contributed by atoms with Crippen LogP contribution < -0.4 is 0 Å². The van der Waals surface area contributed by atoms with Crippen molar-refractivity contribution in [3.63, 3.8) is 0 Å². The number of hydrogen-bond donors (Lipinski definition) is 1. The largest absolute Gasteiger partial charge is 0.392 e. The summed E-state index contributed by atoms with van der Waals surface area (Å²) in [6.45, 7) is 4.78. The monoisotopic (exact) mass is 206 g/mol. The molecule has 0 aromatic heterocycles. The summed E-state index contributed by atoms with van der Waals surface area (Å²) in [5, 5.41) is 8.94. The molecular weight excluding hydrogens is 184 g/mol. The fourth-order valence-corrected chi connectivity index (χ4v) is 4.69. The van der Waals surface area contributed by atoms with Crippen LogP contribution in [0.25, 0.3) is 0 Å². The molecule has 4 fully saturated rings. The molecule has 1 N–H and O–H groups in total. The number of allylic oxidation sites excluding steroid dienone is 1. The predicted molar refractivity (Wildman–Crippen MR) is 61.4 cm³/mol. The Hall–Kier alpha value is -0.300. The molecule has 15 heavy (non-hydrogen) atoms. The zero-order valence-corrected chi connectivity index (χ0v) is 9.87. The standard InChI is InChI=1S/C14H22O/c1-9(8-15)4-3-5-14(2)10-6-11-12(7-10)13(11)14/h4,10-13,15H,3,5-8H2,1-2H3/b9-4-. The molecule has 0 spiro atoms. The van der Waals surface area contributed by atoms with E-state index in [1.165, 1.54) is 25.7 Å². The van der Waals surface area contributed by atoms with Crippen molar-refractivity contribution in [2.75, 3.05) is 6.61 Å². The highest BCUT2D eigenvalue weighted by atomic mass is 16.3. The van der Waals surface area contributed by atoms with Crippen LogP contribution in [0.2, 0.25) is 0 Å². The summed E-state index contributed by atoms with van der Waals surface area (Å²) >= 11 is 0. The Bertz CT molecular complexity index is 290. The molecule has 3 atom stereocenters. The van der Waals surface area contributed by atoms with Crippen LogP contribution in [-0.2, 0) is 0 Å². The maximum atomic E-state index is 8.94. The molecular formula is C14H22O. The van der Waals surface area contributed by atoms with E-state index < -0.39 is 0 Å². The van der Waals surface area contributed by atoms with E-state index >= 15 is 0 Å². The summed E-state index contributed by atoms with van der Waals surface area (Å²) in [5.74, 6) is 4.39. The molecule has 4 aliphatic carbocycles. The fraction of sp³-hybridized carbons (Fsp3) is 0.857. The second-order valence-corrected chi connectivity index (χ2v) is 6.27. The zero-order chi connectivity index (χ0) is 10.6. The molecule has 84 valence electrons. The third-order valence-electron chi connectivity index (χ3n) is 5.56. The van der Waals surface area contributed by atoms with Crippen molar-refractivity contribution in [1.29, 1.82) is 0 Å². The van der Waals surface area contributed by atoms with Gasteiger partial charge in [0.15, 0.2) is 0 Å². The van der Waals surface area contributed by atoms with Crippen LogP contribution in [0.4, 0.5) is 0 Å². The van der Waals surface area contributed by atoms with Gasteiger partial charge in [0, 0.05) is 0 Å². The predicted octanol–water partition coefficient (Wildman–Crippen LogP) is 3.00. The summed E-state index contributed by atoms with van der Waals surface area (Å²) in [7, 11) is 0. The molecule has 0 amide bonds. The second-order valence-electron chi connectivity index (χ2n) is 6.27. The van der Waals surface area contributed by atoms with Gasteiger partial charge in [0.05, 0.1) is 6.61 Å². The molecule has 4 rings (SSSR count). The van der Waals surface area contributed by atoms with Crippen LogP contribution in [0.1, 0.15) is 39.5 Å². The van der Waals surface area contributed by atoms with Gasteiger partial charge >= 0.3 is 0 Å². The van der Waals surface area contributed by atoms with Crippen molar-refractivity contribution >= 4 is 0 Å². The first kappa shape index (κ1) is 9.89. The van der Waals surface area contributed by atoms with Gasteiger partial charge in [-0.1, -0.05) is 18.6 Å². The number of aliphatic hydroxyl groups is 1. The van der Waals surface area contributed by atoms with Crippen LogP contribution in [0, 0.1) is 29.1 Å². The van der Waals surface area contributed by atoms with E-state index in [1.807, 2.05) is 6.92 Å². The average Bonchev–Trinajstić information content (AvgIpc) is 2.57. The second kappa shape index (κ2) is 3.10. The van der Waals surface area contributed by atoms with E-state index in [4.69, 9.17) is 5.11 Å². The number of aliphatic hydroxyl groups excluding tert-OH is 1. The lowest BCUT2D eigenvalue weighted by Gasteiger charge is -2.28. The molecule has 0 heterocycles. The Morgan fingerprint density at radius 1 is 1.40 bits per heavy atom. The van der Waals surface area contributed by atoms with E-state index in [1.54, 1.807) is 0 Å². The fourth-order valence-electron chi connectivity index (χ4n) is 4.69. The SMILES string of the molecule is C/C(=C/CCC1(C)C2CC3C(C2)C31)CO. The average molecular weight is 206 g/mol. The van der Waals surface area contributed by atoms with Crippen molar-refractivity contribution in [1.82, 2.24) is 0 Å². The molecule has 0 saturated heterocycles. The van der Waals surface area contributed by atoms with Crippen LogP contribution >= 0.6 is 0 Å². The minimum Gasteiger partial charge on any atom is -0.392 e. The molecule has 4 saturated carbocycles. The van der Waals surface area contributed by atoms with E-state index in [2.05, 4.69) is 13.0 Å². The molecule has 0 aliphatic heterocycles. The van der Waals surface area contributed by atoms with Gasteiger partial charge < -0.3 is 5.11 Å². The first-order valence-corrected chi connectivity index (χ1v) is 6.43. The van der Waals surface area contributed by atoms with E-state index in [0.717, 1.165) is 29.2 Å². The van der Waals surface area contributed by atoms with Gasteiger partial charge in [-0.3, -0.25) is 0 Å². The minimum atomic E-state index is 0.231. The van der Waals surface area contributed by atoms with Gasteiger partial charge in [-0.15, -0.1) is 0 Å². The Balaban J connectivity index is 1.60. The summed E-state index contributed by atoms with van der Waals surface area (Å²) in [6, 6.07) is 0. The Labute approximate surface area is 92.6 Å². The third kappa shape index (κ3) is 1.25. The van der Waals surface area contributed by atoms with Crippen LogP contribution in [0.5, 0.6) is 0 Å². The lowest BCUT2D eigenvalue weighted by Crippen LogP contribution is -2.20. The topological polar surface area (TPSA) is 20.2 Å². The highest BCUT2D eigenvalue weighted by Gasteiger charge is 2.72. The third-order valence-corrected chi connectivity index (χ3v) is 5.56. The van der Waals surface area contributed by atoms with Gasteiger partial charge in [-0.25, -0.2) is 0 Å². The van der Waals surface area contributed by atoms with Crippen molar-refractivity contribution < 1.29 is 5.11 Å². The molecule has 1 nitrogen and oxygen atoms in total. The lowest BCUT2D eigenvalue weighted by atomic mass is 9.77. The number of hydrogen-bond acceptors (Lipinski definition) is 1. The van der Waals surface area contributed by atoms with E-state index in [9.17, 15) is 0 Å². The lowest BCUT2D eigenvalue weighted by molar-refractivity contribution is 0.218. The van der Waals surface area contributed by atoms with Crippen LogP contribution in [-0.4, -0.2) is 11.7 Å². The van der Waals surface area contributed by atoms with E-state index in [-0.39, 0.29) is 6.61 Å². The van der Waals surface area contributed by atoms with Crippen LogP contribution in [0.3, 0.4) is 0 Å². The molecule has 0 aromatic rings. The molecule has 3 unspecified atom stereocenters. The highest BCUT2D eigenvalue weighted by molar-refractivity contribution is 5.21. The molecule has 4 bridgehead atoms. The van der Waals surface area contributed by atoms with E-state index in [0.29, 0.717) is 5.41 Å². The summed E-state index contributed by atoms with van der Waals surface area (Å²) in [6.07, 6.45) is 7.84. The summed E-state index contributed by atoms with van der Waals surface area (Å²) in [5.41, 5.74) is 1.80. The summed E-state index contributed by atoms with van der Waals surface area (Å²) in [4.78, 5) is 0. The maximum absolute atomic E-state index is 8.94. The Morgan fingerprint density at radius 3 is 2.53 bits per heavy atom. The minimum absolute atomic E-state index is 0.231. The van der Waals surface area contributed by atoms with Gasteiger partial charge in [-0.05, 0) is 61.7 Å². The van der Waals surface area contributed by atoms with Crippen LogP contribution in [0.15, 0.2) is 11.6 Å². The van der Waals surface area contributed by atoms with Gasteiger partial charge in [0.2, 0.25) is 0 Å².